The molecule has 0 aromatic carbocycles. The summed E-state index contributed by atoms with van der Waals surface area (Å²) in [6, 6.07) is 0. The molecule has 2 rings (SSSR count). The monoisotopic (exact) mass is 994 g/mol. The van der Waals surface area contributed by atoms with Crippen molar-refractivity contribution in [3.63, 3.8) is 0 Å². The van der Waals surface area contributed by atoms with Gasteiger partial charge in [0.2, 0.25) is 0 Å². The van der Waals surface area contributed by atoms with Crippen LogP contribution in [0.2, 0.25) is 0 Å². The number of esters is 2. The van der Waals surface area contributed by atoms with Crippen molar-refractivity contribution >= 4 is 33.4 Å². The van der Waals surface area contributed by atoms with Gasteiger partial charge in [0.15, 0.2) is 11.9 Å². The lowest BCUT2D eigenvalue weighted by molar-refractivity contribution is -0.163. The Kier molecular flexibility index (Phi) is 30.8. The van der Waals surface area contributed by atoms with Crippen LogP contribution in [0.5, 0.6) is 0 Å². The van der Waals surface area contributed by atoms with Gasteiger partial charge in [-0.3, -0.25) is 28.0 Å². The molecule has 2 bridgehead atoms. The van der Waals surface area contributed by atoms with Crippen LogP contribution in [0.3, 0.4) is 0 Å². The predicted octanol–water partition coefficient (Wildman–Crippen LogP) is 6.90. The second kappa shape index (κ2) is 34.0. The largest absolute Gasteiger partial charge is 0.472 e. The number of carbonyl (C=O) groups excluding carboxylic acids is 3. The van der Waals surface area contributed by atoms with Gasteiger partial charge >= 0.3 is 27.6 Å². The molecule has 1 unspecified atom stereocenters. The van der Waals surface area contributed by atoms with Crippen LogP contribution < -0.4 is 0 Å². The fourth-order valence-corrected chi connectivity index (χ4v) is 9.28. The van der Waals surface area contributed by atoms with Gasteiger partial charge in [-0.1, -0.05) is 133 Å². The van der Waals surface area contributed by atoms with Crippen LogP contribution in [0.4, 0.5) is 0 Å². The highest BCUT2D eigenvalue weighted by atomic mass is 31.2. The first-order valence-electron chi connectivity index (χ1n) is 24.2. The number of ketones is 1. The van der Waals surface area contributed by atoms with E-state index >= 15 is 0 Å². The molecule has 1 heterocycles. The van der Waals surface area contributed by atoms with Gasteiger partial charge in [-0.05, 0) is 57.4 Å². The average molecular weight is 995 g/mol. The molecule has 0 radical (unpaired) electrons. The summed E-state index contributed by atoms with van der Waals surface area (Å²) in [5, 5.41) is 56.5. The zero-order valence-corrected chi connectivity index (χ0v) is 41.2. The predicted molar refractivity (Wildman–Crippen MR) is 250 cm³/mol. The Morgan fingerprint density at radius 3 is 2.16 bits per heavy atom. The Balaban J connectivity index is 2.31. The maximum absolute atomic E-state index is 13.8. The molecule has 386 valence electrons. The highest BCUT2D eigenvalue weighted by molar-refractivity contribution is 7.47. The number of rotatable bonds is 24. The van der Waals surface area contributed by atoms with Crippen molar-refractivity contribution in [2.24, 2.45) is 11.8 Å². The third-order valence-electron chi connectivity index (χ3n) is 11.6. The van der Waals surface area contributed by atoms with Gasteiger partial charge in [-0.15, -0.1) is 0 Å². The van der Waals surface area contributed by atoms with Crippen molar-refractivity contribution in [2.75, 3.05) is 13.2 Å². The minimum atomic E-state index is -5.75. The lowest BCUT2D eigenvalue weighted by Gasteiger charge is -2.38. The van der Waals surface area contributed by atoms with E-state index in [-0.39, 0.29) is 25.7 Å². The van der Waals surface area contributed by atoms with E-state index in [4.69, 9.17) is 23.0 Å². The van der Waals surface area contributed by atoms with Crippen LogP contribution in [0, 0.1) is 11.8 Å². The molecule has 2 aliphatic rings. The molecule has 67 heavy (non-hydrogen) atoms. The first kappa shape index (κ1) is 60.7. The Hall–Kier alpha value is -2.41. The van der Waals surface area contributed by atoms with E-state index in [1.54, 1.807) is 12.2 Å². The van der Waals surface area contributed by atoms with Crippen LogP contribution in [0.1, 0.15) is 155 Å². The number of phosphoric ester groups is 2. The molecule has 1 aliphatic heterocycles. The second-order valence-electron chi connectivity index (χ2n) is 17.5. The fraction of sp³-hybridized carbons (Fsp3) is 0.766. The number of allylic oxidation sites excluding steroid dienone is 5. The molecule has 0 fully saturated rings. The van der Waals surface area contributed by atoms with Crippen molar-refractivity contribution in [1.29, 1.82) is 0 Å². The van der Waals surface area contributed by atoms with Crippen molar-refractivity contribution in [1.82, 2.24) is 0 Å². The van der Waals surface area contributed by atoms with E-state index in [1.165, 1.54) is 44.3 Å². The average Bonchev–Trinajstić information content (AvgIpc) is 3.28. The summed E-state index contributed by atoms with van der Waals surface area (Å²) in [5.74, 6) is -5.30. The molecule has 0 aromatic heterocycles. The summed E-state index contributed by atoms with van der Waals surface area (Å²) in [4.78, 5) is 70.4. The van der Waals surface area contributed by atoms with Gasteiger partial charge < -0.3 is 49.7 Å². The summed E-state index contributed by atoms with van der Waals surface area (Å²) < 4.78 is 52.1. The molecule has 1 aliphatic carbocycles. The van der Waals surface area contributed by atoms with Crippen molar-refractivity contribution in [3.05, 3.63) is 48.6 Å². The molecule has 0 amide bonds. The molecular formula is C47H80O18P2. The van der Waals surface area contributed by atoms with E-state index in [9.17, 15) is 63.7 Å². The Morgan fingerprint density at radius 2 is 1.52 bits per heavy atom. The van der Waals surface area contributed by atoms with E-state index in [0.717, 1.165) is 69.9 Å². The summed E-state index contributed by atoms with van der Waals surface area (Å²) >= 11 is 0. The number of hydrogen-bond acceptors (Lipinski definition) is 15. The smallest absolute Gasteiger partial charge is 0.462 e. The highest BCUT2D eigenvalue weighted by Gasteiger charge is 2.50. The number of aliphatic hydroxyl groups excluding tert-OH is 5. The van der Waals surface area contributed by atoms with E-state index < -0.39 is 107 Å². The van der Waals surface area contributed by atoms with Crippen molar-refractivity contribution in [2.45, 2.75) is 204 Å². The fourth-order valence-electron chi connectivity index (χ4n) is 7.75. The Labute approximate surface area is 396 Å². The third kappa shape index (κ3) is 26.4. The topological polar surface area (TPSA) is 293 Å². The standard InChI is InChI=1S/C47H80O18P2/c1-3-5-7-8-9-10-11-12-13-14-15-16-17-18-24-28-41(51)63-37-33-61-40(50)27-23-20-19-22-25-35-29-32-39(49)38(31-30-36(48)26-21-6-4-2)43(53)46(64-66(56,57)58)47(45(55)44(54)42(35)52)65-67(59,60)62-34-37/h5,7,19,22,29-32,35-38,42-48,52-55H,3-4,6,8-18,20-21,23-28,33-34H2,1-2H3,(H,59,60)(H2,56,57,58)/b7-5-,22-19-,31-30+,32-29-/t35-,36-,37+,38-,42+,43+,44-,45+,46+,47-/m0/s1. The summed E-state index contributed by atoms with van der Waals surface area (Å²) in [6.07, 6.45) is 11.6. The number of unbranched alkanes of at least 4 members (excludes halogenated alkanes) is 13. The Bertz CT molecular complexity index is 1630. The Morgan fingerprint density at radius 1 is 0.866 bits per heavy atom. The minimum absolute atomic E-state index is 0.0226. The van der Waals surface area contributed by atoms with Crippen molar-refractivity contribution in [3.8, 4) is 0 Å². The molecule has 0 saturated heterocycles. The molecule has 8 N–H and O–H groups in total. The molecule has 11 atom stereocenters. The molecule has 0 saturated carbocycles. The van der Waals surface area contributed by atoms with Crippen molar-refractivity contribution < 1.29 is 86.8 Å². The first-order valence-corrected chi connectivity index (χ1v) is 27.3. The van der Waals surface area contributed by atoms with Crippen LogP contribution in [0.15, 0.2) is 48.6 Å². The normalized spacial score (nSPS) is 30.3. The number of phosphoric acid groups is 2. The van der Waals surface area contributed by atoms with Gasteiger partial charge in [0.25, 0.3) is 0 Å². The van der Waals surface area contributed by atoms with Crippen LogP contribution in [0.25, 0.3) is 0 Å². The summed E-state index contributed by atoms with van der Waals surface area (Å²) in [6.45, 7) is 2.52. The van der Waals surface area contributed by atoms with Crippen LogP contribution in [-0.2, 0) is 46.6 Å². The van der Waals surface area contributed by atoms with E-state index in [2.05, 4.69) is 19.1 Å². The van der Waals surface area contributed by atoms with Crippen LogP contribution >= 0.6 is 15.6 Å². The maximum atomic E-state index is 13.8. The zero-order valence-electron chi connectivity index (χ0n) is 39.4. The van der Waals surface area contributed by atoms with E-state index in [1.807, 2.05) is 6.92 Å². The number of aliphatic hydroxyl groups is 5. The SMILES string of the molecule is CC/C=C\CCCCCCCCCCCCCC(=O)O[C@@H]1COC(=O)CCC/C=C\C[C@H]2/C=C\C(=O)[C@H](/C=C/[C@@H](O)CCCCC)[C@@H](O)[C@@H](OP(=O)(O)O)[C@@H](OP(=O)(O)OC1)[C@H](O)[C@@H](O)[C@@H]2O. The molecular weight excluding hydrogens is 914 g/mol. The van der Waals surface area contributed by atoms with E-state index in [0.29, 0.717) is 25.7 Å². The number of hydrogen-bond donors (Lipinski definition) is 8. The third-order valence-corrected chi connectivity index (χ3v) is 13.1. The summed E-state index contributed by atoms with van der Waals surface area (Å²) in [7, 11) is -11.4. The molecule has 0 aromatic rings. The molecule has 18 nitrogen and oxygen atoms in total. The lowest BCUT2D eigenvalue weighted by Crippen LogP contribution is -2.56. The zero-order chi connectivity index (χ0) is 49.7. The van der Waals surface area contributed by atoms with Gasteiger partial charge in [-0.25, -0.2) is 9.13 Å². The first-order chi connectivity index (χ1) is 31.9. The number of fused-ring (bicyclic) bond motifs is 4. The van der Waals surface area contributed by atoms with Crippen LogP contribution in [-0.4, -0.2) is 120 Å². The number of cyclic esters (lactones) is 1. The lowest BCUT2D eigenvalue weighted by atomic mass is 9.87. The molecule has 20 heteroatoms. The maximum Gasteiger partial charge on any atom is 0.472 e. The molecule has 0 spiro atoms. The van der Waals surface area contributed by atoms with Gasteiger partial charge in [0.1, 0.15) is 31.0 Å². The second-order valence-corrected chi connectivity index (χ2v) is 20.1. The number of ether oxygens (including phenoxy) is 2. The van der Waals surface area contributed by atoms with Gasteiger partial charge in [-0.2, -0.15) is 0 Å². The summed E-state index contributed by atoms with van der Waals surface area (Å²) in [5.41, 5.74) is 0. The minimum Gasteiger partial charge on any atom is -0.462 e. The highest BCUT2D eigenvalue weighted by Crippen LogP contribution is 2.49. The quantitative estimate of drug-likeness (QED) is 0.0211. The number of carbonyl (C=O) groups is 3. The van der Waals surface area contributed by atoms with Gasteiger partial charge in [0, 0.05) is 18.8 Å². The van der Waals surface area contributed by atoms with Gasteiger partial charge in [0.05, 0.1) is 30.8 Å².